The third kappa shape index (κ3) is 2.15. The SMILES string of the molecule is C[C@]1(F)[C@H](n2ccc3c(N)ncnc32)O[C@H]2[C@]1(O)[C@@]2(C)OP(=O)(O)n1ccnc1. The Morgan fingerprint density at radius 3 is 2.76 bits per heavy atom. The van der Waals surface area contributed by atoms with Gasteiger partial charge in [0, 0.05) is 18.6 Å². The minimum Gasteiger partial charge on any atom is -0.383 e. The van der Waals surface area contributed by atoms with Crippen LogP contribution >= 0.6 is 7.75 Å². The molecule has 11 nitrogen and oxygen atoms in total. The maximum atomic E-state index is 16.0. The molecule has 1 aliphatic heterocycles. The van der Waals surface area contributed by atoms with Crippen LogP contribution in [0.2, 0.25) is 0 Å². The Morgan fingerprint density at radius 1 is 1.38 bits per heavy atom. The molecule has 13 heteroatoms. The van der Waals surface area contributed by atoms with Gasteiger partial charge in [-0.05, 0) is 19.9 Å². The van der Waals surface area contributed by atoms with Gasteiger partial charge >= 0.3 is 7.75 Å². The lowest BCUT2D eigenvalue weighted by Crippen LogP contribution is -2.48. The van der Waals surface area contributed by atoms with E-state index in [1.807, 2.05) is 0 Å². The number of ether oxygens (including phenoxy) is 1. The smallest absolute Gasteiger partial charge is 0.383 e. The molecule has 29 heavy (non-hydrogen) atoms. The summed E-state index contributed by atoms with van der Waals surface area (Å²) >= 11 is 0. The molecule has 3 aromatic rings. The molecule has 0 spiro atoms. The molecule has 3 aromatic heterocycles. The monoisotopic (exact) mass is 424 g/mol. The zero-order valence-electron chi connectivity index (χ0n) is 15.4. The van der Waals surface area contributed by atoms with E-state index in [2.05, 4.69) is 15.0 Å². The molecule has 4 heterocycles. The van der Waals surface area contributed by atoms with E-state index in [1.165, 1.54) is 36.4 Å². The molecule has 0 aromatic carbocycles. The Bertz CT molecular complexity index is 1170. The Labute approximate surface area is 163 Å². The number of halogens is 1. The molecule has 154 valence electrons. The van der Waals surface area contributed by atoms with Gasteiger partial charge in [-0.15, -0.1) is 0 Å². The number of alkyl halides is 1. The molecular formula is C16H18FN6O5P. The molecule has 1 aliphatic carbocycles. The van der Waals surface area contributed by atoms with Gasteiger partial charge in [-0.2, -0.15) is 0 Å². The number of nitrogens with zero attached hydrogens (tertiary/aromatic N) is 5. The largest absolute Gasteiger partial charge is 0.438 e. The van der Waals surface area contributed by atoms with Gasteiger partial charge in [-0.3, -0.25) is 4.52 Å². The average Bonchev–Trinajstić information content (AvgIpc) is 3.19. The van der Waals surface area contributed by atoms with Crippen molar-refractivity contribution in [2.24, 2.45) is 0 Å². The molecule has 1 unspecified atom stereocenters. The summed E-state index contributed by atoms with van der Waals surface area (Å²) in [6.45, 7) is 2.49. The van der Waals surface area contributed by atoms with Crippen molar-refractivity contribution < 1.29 is 28.2 Å². The van der Waals surface area contributed by atoms with Crippen LogP contribution < -0.4 is 5.73 Å². The number of aliphatic hydroxyl groups is 1. The molecule has 0 amide bonds. The third-order valence-corrected chi connectivity index (χ3v) is 7.35. The molecule has 1 saturated heterocycles. The lowest BCUT2D eigenvalue weighted by molar-refractivity contribution is -0.136. The van der Waals surface area contributed by atoms with E-state index < -0.39 is 36.9 Å². The second kappa shape index (κ2) is 5.41. The van der Waals surface area contributed by atoms with Crippen LogP contribution in [0.15, 0.2) is 37.3 Å². The van der Waals surface area contributed by atoms with Crippen molar-refractivity contribution in [2.75, 3.05) is 5.73 Å². The first-order chi connectivity index (χ1) is 13.5. The standard InChI is InChI=1S/C16H18FN6O5P/c1-14(17)13(23-5-3-9-10(18)20-7-21-11(9)23)27-12-15(2,16(12,14)24)28-29(25,26)22-6-4-19-8-22/h3-8,12-13,24H,1-2H3,(H,25,26)(H2,18,20,21)/t12-,13-,14+,15+,16-/m1/s1. The van der Waals surface area contributed by atoms with Crippen LogP contribution in [-0.2, 0) is 13.8 Å². The summed E-state index contributed by atoms with van der Waals surface area (Å²) in [4.78, 5) is 22.0. The summed E-state index contributed by atoms with van der Waals surface area (Å²) in [5.74, 6) is 0.228. The van der Waals surface area contributed by atoms with Crippen LogP contribution in [0.1, 0.15) is 20.1 Å². The molecule has 2 fully saturated rings. The average molecular weight is 424 g/mol. The van der Waals surface area contributed by atoms with Gasteiger partial charge in [0.1, 0.15) is 35.8 Å². The first-order valence-electron chi connectivity index (χ1n) is 8.70. The fourth-order valence-electron chi connectivity index (χ4n) is 4.27. The highest BCUT2D eigenvalue weighted by Gasteiger charge is 2.91. The van der Waals surface area contributed by atoms with E-state index in [-0.39, 0.29) is 5.82 Å². The third-order valence-electron chi connectivity index (χ3n) is 5.91. The Morgan fingerprint density at radius 2 is 2.14 bits per heavy atom. The molecule has 6 atom stereocenters. The number of anilines is 1. The summed E-state index contributed by atoms with van der Waals surface area (Å²) in [6.07, 6.45) is 3.97. The highest BCUT2D eigenvalue weighted by molar-refractivity contribution is 7.51. The summed E-state index contributed by atoms with van der Waals surface area (Å²) in [5.41, 5.74) is -0.141. The molecule has 0 radical (unpaired) electrons. The topological polar surface area (TPSA) is 151 Å². The number of hydrogen-bond donors (Lipinski definition) is 3. The van der Waals surface area contributed by atoms with Crippen molar-refractivity contribution in [2.45, 2.75) is 43.1 Å². The van der Waals surface area contributed by atoms with Gasteiger partial charge in [-0.1, -0.05) is 0 Å². The molecule has 4 N–H and O–H groups in total. The fourth-order valence-corrected chi connectivity index (χ4v) is 5.51. The molecular weight excluding hydrogens is 406 g/mol. The first kappa shape index (κ1) is 18.6. The fraction of sp³-hybridized carbons (Fsp3) is 0.438. The predicted octanol–water partition coefficient (Wildman–Crippen LogP) is 1.00. The summed E-state index contributed by atoms with van der Waals surface area (Å²) in [6, 6.07) is 1.62. The number of nitrogen functional groups attached to an aromatic ring is 1. The second-order valence-corrected chi connectivity index (χ2v) is 9.19. The van der Waals surface area contributed by atoms with Gasteiger partial charge in [0.05, 0.1) is 5.39 Å². The highest BCUT2D eigenvalue weighted by atomic mass is 31.2. The van der Waals surface area contributed by atoms with E-state index in [0.29, 0.717) is 11.0 Å². The van der Waals surface area contributed by atoms with Gasteiger partial charge in [0.15, 0.2) is 17.5 Å². The number of rotatable bonds is 4. The lowest BCUT2D eigenvalue weighted by atomic mass is 9.94. The van der Waals surface area contributed by atoms with E-state index in [9.17, 15) is 14.6 Å². The van der Waals surface area contributed by atoms with E-state index >= 15 is 4.39 Å². The van der Waals surface area contributed by atoms with Crippen molar-refractivity contribution in [1.82, 2.24) is 23.9 Å². The predicted molar refractivity (Wildman–Crippen MR) is 97.3 cm³/mol. The number of aromatic nitrogens is 5. The van der Waals surface area contributed by atoms with Crippen LogP contribution in [-0.4, -0.2) is 56.8 Å². The summed E-state index contributed by atoms with van der Waals surface area (Å²) in [5, 5.41) is 11.6. The van der Waals surface area contributed by atoms with Crippen LogP contribution in [0.5, 0.6) is 0 Å². The summed E-state index contributed by atoms with van der Waals surface area (Å²) in [7, 11) is -4.43. The van der Waals surface area contributed by atoms with Crippen molar-refractivity contribution in [1.29, 1.82) is 0 Å². The maximum Gasteiger partial charge on any atom is 0.438 e. The quantitative estimate of drug-likeness (QED) is 0.521. The highest BCUT2D eigenvalue weighted by Crippen LogP contribution is 2.72. The van der Waals surface area contributed by atoms with Crippen molar-refractivity contribution in [3.63, 3.8) is 0 Å². The van der Waals surface area contributed by atoms with Crippen LogP contribution in [0.4, 0.5) is 10.2 Å². The van der Waals surface area contributed by atoms with Gasteiger partial charge < -0.3 is 25.0 Å². The van der Waals surface area contributed by atoms with Crippen molar-refractivity contribution >= 4 is 24.6 Å². The van der Waals surface area contributed by atoms with E-state index in [0.717, 1.165) is 17.6 Å². The van der Waals surface area contributed by atoms with Gasteiger partial charge in [0.25, 0.3) is 0 Å². The zero-order chi connectivity index (χ0) is 20.8. The first-order valence-corrected chi connectivity index (χ1v) is 10.2. The Hall–Kier alpha value is -2.37. The van der Waals surface area contributed by atoms with Crippen LogP contribution in [0.3, 0.4) is 0 Å². The minimum atomic E-state index is -4.43. The molecule has 5 rings (SSSR count). The Balaban J connectivity index is 1.49. The second-order valence-electron chi connectivity index (χ2n) is 7.56. The lowest BCUT2D eigenvalue weighted by Gasteiger charge is -2.34. The molecule has 2 aliphatic rings. The zero-order valence-corrected chi connectivity index (χ0v) is 16.3. The number of imidazole rings is 1. The van der Waals surface area contributed by atoms with Gasteiger partial charge in [0.2, 0.25) is 0 Å². The van der Waals surface area contributed by atoms with Crippen LogP contribution in [0, 0.1) is 0 Å². The van der Waals surface area contributed by atoms with Crippen molar-refractivity contribution in [3.05, 3.63) is 37.3 Å². The van der Waals surface area contributed by atoms with Crippen LogP contribution in [0.25, 0.3) is 11.0 Å². The normalized spacial score (nSPS) is 38.1. The number of hydrogen-bond acceptors (Lipinski definition) is 8. The maximum absolute atomic E-state index is 16.0. The summed E-state index contributed by atoms with van der Waals surface area (Å²) < 4.78 is 41.9. The molecule has 1 saturated carbocycles. The van der Waals surface area contributed by atoms with Crippen molar-refractivity contribution in [3.8, 4) is 0 Å². The van der Waals surface area contributed by atoms with E-state index in [4.69, 9.17) is 15.0 Å². The van der Waals surface area contributed by atoms with Gasteiger partial charge in [-0.25, -0.2) is 28.2 Å². The molecule has 0 bridgehead atoms. The Kier molecular flexibility index (Phi) is 3.48. The minimum absolute atomic E-state index is 0.228. The van der Waals surface area contributed by atoms with E-state index in [1.54, 1.807) is 6.07 Å². The number of nitrogens with two attached hydrogens (primary N) is 1. The number of fused-ring (bicyclic) bond motifs is 2.